The summed E-state index contributed by atoms with van der Waals surface area (Å²) in [5, 5.41) is 0. The molecule has 0 saturated heterocycles. The van der Waals surface area contributed by atoms with Gasteiger partial charge >= 0.3 is 18.9 Å². The van der Waals surface area contributed by atoms with Crippen LogP contribution >= 0.6 is 7.94 Å². The quantitative estimate of drug-likeness (QED) is 0.356. The van der Waals surface area contributed by atoms with Crippen LogP contribution in [-0.2, 0) is 21.7 Å². The molecule has 0 heterocycles. The molecule has 0 aromatic rings. The van der Waals surface area contributed by atoms with Crippen LogP contribution in [0.3, 0.4) is 0 Å². The molecular weight excluding hydrogens is 238 g/mol. The Morgan fingerprint density at radius 2 is 1.50 bits per heavy atom. The minimum Gasteiger partial charge on any atom is -0.743 e. The molecule has 0 rings (SSSR count). The minimum absolute atomic E-state index is 0. The maximum atomic E-state index is 12.4. The zero-order chi connectivity index (χ0) is 12.1. The summed E-state index contributed by atoms with van der Waals surface area (Å²) < 4.78 is 10.8. The molecule has 92 valence electrons. The van der Waals surface area contributed by atoms with Crippen LogP contribution in [0.4, 0.5) is 0 Å². The van der Waals surface area contributed by atoms with Gasteiger partial charge in [0.25, 0.3) is 0 Å². The second-order valence-corrected chi connectivity index (χ2v) is 7.13. The van der Waals surface area contributed by atoms with Gasteiger partial charge in [0.1, 0.15) is 0 Å². The van der Waals surface area contributed by atoms with Crippen molar-refractivity contribution in [1.29, 1.82) is 0 Å². The zero-order valence-corrected chi connectivity index (χ0v) is 12.9. The van der Waals surface area contributed by atoms with Gasteiger partial charge in [0.2, 0.25) is 7.94 Å². The Bertz CT molecular complexity index is 171. The SMILES string of the molecule is CCC[C@H]([S-])[P+]([O-])(OC(C)C)OC(C)C.[Li+]. The third-order valence-corrected chi connectivity index (χ3v) is 5.01. The van der Waals surface area contributed by atoms with Crippen LogP contribution in [0.2, 0.25) is 0 Å². The molecule has 0 radical (unpaired) electrons. The van der Waals surface area contributed by atoms with Gasteiger partial charge < -0.3 is 17.5 Å². The van der Waals surface area contributed by atoms with Crippen LogP contribution in [0.15, 0.2) is 0 Å². The Morgan fingerprint density at radius 1 is 1.12 bits per heavy atom. The van der Waals surface area contributed by atoms with Gasteiger partial charge in [-0.05, 0) is 34.1 Å². The van der Waals surface area contributed by atoms with E-state index in [9.17, 15) is 4.89 Å². The molecule has 0 spiro atoms. The molecule has 0 aliphatic carbocycles. The molecule has 0 N–H and O–H groups in total. The first kappa shape index (κ1) is 19.6. The molecule has 0 saturated carbocycles. The van der Waals surface area contributed by atoms with E-state index in [1.165, 1.54) is 0 Å². The number of rotatable bonds is 7. The fraction of sp³-hybridized carbons (Fsp3) is 1.00. The first-order valence-corrected chi connectivity index (χ1v) is 7.52. The third-order valence-electron chi connectivity index (χ3n) is 1.60. The third kappa shape index (κ3) is 7.56. The normalized spacial score (nSPS) is 14.1. The van der Waals surface area contributed by atoms with Gasteiger partial charge in [-0.25, -0.2) is 9.05 Å². The van der Waals surface area contributed by atoms with Crippen LogP contribution in [-0.4, -0.2) is 17.2 Å². The van der Waals surface area contributed by atoms with Crippen molar-refractivity contribution in [2.75, 3.05) is 0 Å². The van der Waals surface area contributed by atoms with Crippen molar-refractivity contribution in [2.45, 2.75) is 64.7 Å². The molecular formula is C10H22LiO3PS. The molecule has 0 amide bonds. The topological polar surface area (TPSA) is 41.5 Å². The van der Waals surface area contributed by atoms with Crippen LogP contribution in [0, 0.1) is 0 Å². The summed E-state index contributed by atoms with van der Waals surface area (Å²) in [6.07, 6.45) is 1.32. The number of hydrogen-bond donors (Lipinski definition) is 0. The second kappa shape index (κ2) is 9.22. The summed E-state index contributed by atoms with van der Waals surface area (Å²) in [6, 6.07) is 0. The van der Waals surface area contributed by atoms with Crippen molar-refractivity contribution in [3.05, 3.63) is 0 Å². The van der Waals surface area contributed by atoms with Gasteiger partial charge in [0.15, 0.2) is 0 Å². The number of hydrogen-bond acceptors (Lipinski definition) is 4. The molecule has 0 unspecified atom stereocenters. The average Bonchev–Trinajstić information content (AvgIpc) is 2.01. The standard InChI is InChI=1S/C10H23O3PS.Li/c1-6-7-10(15)14(11,12-8(2)3)13-9(4)5;/h8-10,15H,6-7H2,1-5H3;/q;+1/p-1/t10-;/m0./s1. The largest absolute Gasteiger partial charge is 1.00 e. The molecule has 6 heteroatoms. The molecule has 0 aromatic heterocycles. The van der Waals surface area contributed by atoms with E-state index in [0.717, 1.165) is 6.42 Å². The predicted molar refractivity (Wildman–Crippen MR) is 65.4 cm³/mol. The first-order chi connectivity index (χ1) is 6.81. The Morgan fingerprint density at radius 3 is 1.75 bits per heavy atom. The van der Waals surface area contributed by atoms with E-state index in [1.807, 2.05) is 34.6 Å². The Kier molecular flexibility index (Phi) is 11.3. The van der Waals surface area contributed by atoms with Gasteiger partial charge in [0, 0.05) is 4.99 Å². The van der Waals surface area contributed by atoms with E-state index in [-0.39, 0.29) is 31.1 Å². The fourth-order valence-corrected chi connectivity index (χ4v) is 3.76. The minimum atomic E-state index is -3.12. The molecule has 1 atom stereocenters. The smallest absolute Gasteiger partial charge is 0.743 e. The summed E-state index contributed by atoms with van der Waals surface area (Å²) >= 11 is 5.20. The van der Waals surface area contributed by atoms with Crippen molar-refractivity contribution in [2.24, 2.45) is 0 Å². The molecule has 0 aromatic carbocycles. The Labute approximate surface area is 118 Å². The van der Waals surface area contributed by atoms with Crippen molar-refractivity contribution in [3.8, 4) is 0 Å². The van der Waals surface area contributed by atoms with Gasteiger partial charge in [-0.1, -0.05) is 13.3 Å². The summed E-state index contributed by atoms with van der Waals surface area (Å²) in [5.41, 5.74) is 0. The summed E-state index contributed by atoms with van der Waals surface area (Å²) in [5.74, 6) is 0. The molecule has 16 heavy (non-hydrogen) atoms. The molecule has 0 aliphatic rings. The molecule has 0 aliphatic heterocycles. The van der Waals surface area contributed by atoms with Gasteiger partial charge in [0.05, 0.1) is 12.2 Å². The van der Waals surface area contributed by atoms with Crippen LogP contribution in [0.1, 0.15) is 47.5 Å². The van der Waals surface area contributed by atoms with E-state index in [4.69, 9.17) is 21.7 Å². The van der Waals surface area contributed by atoms with Crippen LogP contribution in [0.25, 0.3) is 0 Å². The molecule has 0 bridgehead atoms. The van der Waals surface area contributed by atoms with E-state index in [2.05, 4.69) is 0 Å². The maximum absolute atomic E-state index is 12.4. The fourth-order valence-electron chi connectivity index (χ4n) is 1.15. The van der Waals surface area contributed by atoms with Crippen molar-refractivity contribution >= 4 is 20.6 Å². The average molecular weight is 260 g/mol. The first-order valence-electron chi connectivity index (χ1n) is 5.44. The Balaban J connectivity index is 0. The monoisotopic (exact) mass is 260 g/mol. The van der Waals surface area contributed by atoms with E-state index < -0.39 is 12.9 Å². The van der Waals surface area contributed by atoms with E-state index in [1.54, 1.807) is 0 Å². The maximum Gasteiger partial charge on any atom is 1.00 e. The van der Waals surface area contributed by atoms with Gasteiger partial charge in [-0.15, -0.1) is 0 Å². The van der Waals surface area contributed by atoms with Gasteiger partial charge in [-0.2, -0.15) is 0 Å². The van der Waals surface area contributed by atoms with Crippen LogP contribution < -0.4 is 23.8 Å². The van der Waals surface area contributed by atoms with Gasteiger partial charge in [-0.3, -0.25) is 0 Å². The summed E-state index contributed by atoms with van der Waals surface area (Å²) in [6.45, 7) is 9.36. The molecule has 3 nitrogen and oxygen atoms in total. The summed E-state index contributed by atoms with van der Waals surface area (Å²) in [7, 11) is -3.12. The van der Waals surface area contributed by atoms with Crippen molar-refractivity contribution in [1.82, 2.24) is 0 Å². The van der Waals surface area contributed by atoms with Crippen LogP contribution in [0.5, 0.6) is 0 Å². The summed E-state index contributed by atoms with van der Waals surface area (Å²) in [4.78, 5) is 11.9. The van der Waals surface area contributed by atoms with Crippen molar-refractivity contribution in [3.63, 3.8) is 0 Å². The predicted octanol–water partition coefficient (Wildman–Crippen LogP) is -0.364. The van der Waals surface area contributed by atoms with E-state index in [0.29, 0.717) is 6.42 Å². The molecule has 0 fully saturated rings. The zero-order valence-electron chi connectivity index (χ0n) is 11.2. The second-order valence-electron chi connectivity index (χ2n) is 4.09. The Hall–Kier alpha value is 1.26. The van der Waals surface area contributed by atoms with E-state index >= 15 is 0 Å². The van der Waals surface area contributed by atoms with Crippen molar-refractivity contribution < 1.29 is 32.8 Å².